The molecule has 1 aliphatic rings. The number of morpholine rings is 1. The molecule has 1 heterocycles. The Bertz CT molecular complexity index is 394. The highest BCUT2D eigenvalue weighted by Crippen LogP contribution is 2.16. The lowest BCUT2D eigenvalue weighted by Gasteiger charge is -2.35. The summed E-state index contributed by atoms with van der Waals surface area (Å²) in [5, 5.41) is 0.877. The van der Waals surface area contributed by atoms with Crippen molar-refractivity contribution in [2.24, 2.45) is 0 Å². The second-order valence-electron chi connectivity index (χ2n) is 4.95. The molecule has 0 saturated carbocycles. The minimum absolute atomic E-state index is 0.287. The highest BCUT2D eigenvalue weighted by molar-refractivity contribution is 6.31. The van der Waals surface area contributed by atoms with E-state index in [1.54, 1.807) is 0 Å². The van der Waals surface area contributed by atoms with E-state index >= 15 is 0 Å². The van der Waals surface area contributed by atoms with Crippen LogP contribution in [0.5, 0.6) is 0 Å². The van der Waals surface area contributed by atoms with Crippen LogP contribution >= 0.6 is 11.6 Å². The molecule has 0 unspecified atom stereocenters. The molecule has 0 radical (unpaired) electrons. The molecule has 18 heavy (non-hydrogen) atoms. The van der Waals surface area contributed by atoms with Crippen LogP contribution in [-0.2, 0) is 4.74 Å². The average Bonchev–Trinajstić information content (AvgIpc) is 2.28. The van der Waals surface area contributed by atoms with Gasteiger partial charge in [-0.3, -0.25) is 4.90 Å². The Morgan fingerprint density at radius 2 is 1.89 bits per heavy atom. The molecular formula is C15H20ClNO. The molecule has 3 heteroatoms. The van der Waals surface area contributed by atoms with Crippen LogP contribution in [0.1, 0.15) is 19.4 Å². The van der Waals surface area contributed by atoms with Gasteiger partial charge in [-0.1, -0.05) is 41.9 Å². The number of hydrogen-bond acceptors (Lipinski definition) is 2. The van der Waals surface area contributed by atoms with E-state index in [0.29, 0.717) is 0 Å². The monoisotopic (exact) mass is 265 g/mol. The smallest absolute Gasteiger partial charge is 0.0678 e. The molecule has 2 nitrogen and oxygen atoms in total. The van der Waals surface area contributed by atoms with Crippen molar-refractivity contribution in [2.45, 2.75) is 26.1 Å². The number of halogens is 1. The molecule has 1 fully saturated rings. The summed E-state index contributed by atoms with van der Waals surface area (Å²) in [6.07, 6.45) is 2.61. The molecule has 1 aromatic carbocycles. The Labute approximate surface area is 114 Å². The minimum atomic E-state index is 0.287. The van der Waals surface area contributed by atoms with Crippen LogP contribution in [-0.4, -0.2) is 36.7 Å². The van der Waals surface area contributed by atoms with Crippen molar-refractivity contribution < 1.29 is 4.74 Å². The van der Waals surface area contributed by atoms with Gasteiger partial charge in [-0.15, -0.1) is 0 Å². The molecule has 1 aromatic rings. The van der Waals surface area contributed by atoms with E-state index < -0.39 is 0 Å². The summed E-state index contributed by atoms with van der Waals surface area (Å²) >= 11 is 6.32. The molecule has 0 aliphatic carbocycles. The van der Waals surface area contributed by atoms with Gasteiger partial charge in [-0.05, 0) is 25.5 Å². The lowest BCUT2D eigenvalue weighted by Crippen LogP contribution is -2.45. The first-order chi connectivity index (χ1) is 8.63. The summed E-state index contributed by atoms with van der Waals surface area (Å²) < 4.78 is 5.71. The third-order valence-electron chi connectivity index (χ3n) is 2.99. The number of rotatable bonds is 3. The predicted octanol–water partition coefficient (Wildman–Crippen LogP) is 3.38. The maximum Gasteiger partial charge on any atom is 0.0678 e. The van der Waals surface area contributed by atoms with Gasteiger partial charge in [-0.2, -0.15) is 0 Å². The van der Waals surface area contributed by atoms with Crippen molar-refractivity contribution in [2.75, 3.05) is 19.6 Å². The molecule has 0 N–H and O–H groups in total. The normalized spacial score (nSPS) is 26.3. The maximum absolute atomic E-state index is 6.32. The van der Waals surface area contributed by atoms with Crippen molar-refractivity contribution >= 4 is 17.7 Å². The van der Waals surface area contributed by atoms with Crippen LogP contribution in [0.25, 0.3) is 6.08 Å². The van der Waals surface area contributed by atoms with E-state index in [9.17, 15) is 0 Å². The summed E-state index contributed by atoms with van der Waals surface area (Å²) in [4.78, 5) is 2.35. The summed E-state index contributed by atoms with van der Waals surface area (Å²) in [7, 11) is 0. The standard InChI is InChI=1S/C15H20ClNO/c1-12-9-17(10-13(2)18-12)11-15(16)8-14-6-4-3-5-7-14/h3-8,12-13H,9-11H2,1-2H3/b15-8-/t12-,13+. The highest BCUT2D eigenvalue weighted by Gasteiger charge is 2.22. The third-order valence-corrected chi connectivity index (χ3v) is 3.22. The van der Waals surface area contributed by atoms with Gasteiger partial charge in [0, 0.05) is 24.7 Å². The van der Waals surface area contributed by atoms with Crippen LogP contribution < -0.4 is 0 Å². The molecule has 1 aliphatic heterocycles. The van der Waals surface area contributed by atoms with E-state index in [1.165, 1.54) is 0 Å². The van der Waals surface area contributed by atoms with Crippen molar-refractivity contribution in [3.05, 3.63) is 40.9 Å². The van der Waals surface area contributed by atoms with E-state index in [1.807, 2.05) is 24.3 Å². The van der Waals surface area contributed by atoms with E-state index in [4.69, 9.17) is 16.3 Å². The van der Waals surface area contributed by atoms with Gasteiger partial charge in [0.05, 0.1) is 12.2 Å². The van der Waals surface area contributed by atoms with Gasteiger partial charge in [0.2, 0.25) is 0 Å². The number of hydrogen-bond donors (Lipinski definition) is 0. The van der Waals surface area contributed by atoms with Crippen LogP contribution in [0.2, 0.25) is 0 Å². The molecule has 98 valence electrons. The molecule has 2 rings (SSSR count). The zero-order valence-electron chi connectivity index (χ0n) is 11.0. The van der Waals surface area contributed by atoms with Gasteiger partial charge in [0.15, 0.2) is 0 Å². The summed E-state index contributed by atoms with van der Waals surface area (Å²) in [6.45, 7) is 6.91. The highest BCUT2D eigenvalue weighted by atomic mass is 35.5. The minimum Gasteiger partial charge on any atom is -0.373 e. The molecule has 0 bridgehead atoms. The fourth-order valence-corrected chi connectivity index (χ4v) is 2.70. The lowest BCUT2D eigenvalue weighted by atomic mass is 10.2. The van der Waals surface area contributed by atoms with Crippen LogP contribution in [0.4, 0.5) is 0 Å². The topological polar surface area (TPSA) is 12.5 Å². The van der Waals surface area contributed by atoms with Gasteiger partial charge in [0.25, 0.3) is 0 Å². The Hall–Kier alpha value is -0.830. The second kappa shape index (κ2) is 6.37. The van der Waals surface area contributed by atoms with Crippen LogP contribution in [0.15, 0.2) is 35.4 Å². The number of benzene rings is 1. The SMILES string of the molecule is C[C@@H]1CN(C/C(Cl)=C/c2ccccc2)C[C@H](C)O1. The lowest BCUT2D eigenvalue weighted by molar-refractivity contribution is -0.0648. The van der Waals surface area contributed by atoms with Crippen LogP contribution in [0, 0.1) is 0 Å². The summed E-state index contributed by atoms with van der Waals surface area (Å²) in [6, 6.07) is 10.2. The maximum atomic E-state index is 6.32. The quantitative estimate of drug-likeness (QED) is 0.831. The molecule has 0 spiro atoms. The summed E-state index contributed by atoms with van der Waals surface area (Å²) in [5.74, 6) is 0. The van der Waals surface area contributed by atoms with Gasteiger partial charge in [-0.25, -0.2) is 0 Å². The largest absolute Gasteiger partial charge is 0.373 e. The molecule has 2 atom stereocenters. The first-order valence-electron chi connectivity index (χ1n) is 6.42. The number of ether oxygens (including phenoxy) is 1. The summed E-state index contributed by atoms with van der Waals surface area (Å²) in [5.41, 5.74) is 1.15. The van der Waals surface area contributed by atoms with Gasteiger partial charge < -0.3 is 4.74 Å². The zero-order chi connectivity index (χ0) is 13.0. The van der Waals surface area contributed by atoms with Crippen molar-refractivity contribution in [1.82, 2.24) is 4.90 Å². The predicted molar refractivity (Wildman–Crippen MR) is 76.7 cm³/mol. The third kappa shape index (κ3) is 4.13. The Kier molecular flexibility index (Phi) is 4.81. The molecule has 0 aromatic heterocycles. The second-order valence-corrected chi connectivity index (χ2v) is 5.44. The van der Waals surface area contributed by atoms with E-state index in [0.717, 1.165) is 30.2 Å². The first kappa shape index (κ1) is 13.6. The fraction of sp³-hybridized carbons (Fsp3) is 0.467. The van der Waals surface area contributed by atoms with Crippen molar-refractivity contribution in [1.29, 1.82) is 0 Å². The Morgan fingerprint density at radius 1 is 1.28 bits per heavy atom. The number of nitrogens with zero attached hydrogens (tertiary/aromatic N) is 1. The van der Waals surface area contributed by atoms with Crippen molar-refractivity contribution in [3.63, 3.8) is 0 Å². The van der Waals surface area contributed by atoms with E-state index in [2.05, 4.69) is 30.9 Å². The molecule has 1 saturated heterocycles. The Morgan fingerprint density at radius 3 is 2.50 bits per heavy atom. The average molecular weight is 266 g/mol. The van der Waals surface area contributed by atoms with Gasteiger partial charge >= 0.3 is 0 Å². The fourth-order valence-electron chi connectivity index (χ4n) is 2.40. The Balaban J connectivity index is 1.94. The zero-order valence-corrected chi connectivity index (χ0v) is 11.7. The van der Waals surface area contributed by atoms with Gasteiger partial charge in [0.1, 0.15) is 0 Å². The van der Waals surface area contributed by atoms with E-state index in [-0.39, 0.29) is 12.2 Å². The molecular weight excluding hydrogens is 246 g/mol. The van der Waals surface area contributed by atoms with Crippen molar-refractivity contribution in [3.8, 4) is 0 Å². The first-order valence-corrected chi connectivity index (χ1v) is 6.80. The molecule has 0 amide bonds. The van der Waals surface area contributed by atoms with Crippen LogP contribution in [0.3, 0.4) is 0 Å².